The zero-order valence-corrected chi connectivity index (χ0v) is 19.1. The summed E-state index contributed by atoms with van der Waals surface area (Å²) in [6.45, 7) is 1.40. The van der Waals surface area contributed by atoms with Crippen LogP contribution in [0.2, 0.25) is 0 Å². The molecule has 1 aliphatic heterocycles. The van der Waals surface area contributed by atoms with Gasteiger partial charge in [0.1, 0.15) is 18.8 Å². The van der Waals surface area contributed by atoms with Gasteiger partial charge in [0.05, 0.1) is 6.54 Å². The molecule has 0 saturated carbocycles. The molecule has 4 rings (SSSR count). The van der Waals surface area contributed by atoms with E-state index in [1.54, 1.807) is 18.4 Å². The van der Waals surface area contributed by atoms with Crippen LogP contribution in [0.3, 0.4) is 0 Å². The number of rotatable bonds is 5. The van der Waals surface area contributed by atoms with Gasteiger partial charge in [0.2, 0.25) is 0 Å². The van der Waals surface area contributed by atoms with Crippen molar-refractivity contribution in [1.29, 1.82) is 0 Å². The van der Waals surface area contributed by atoms with E-state index in [-0.39, 0.29) is 30.1 Å². The second-order valence-corrected chi connectivity index (χ2v) is 7.65. The first-order valence-electron chi connectivity index (χ1n) is 9.22. The number of hydrogen-bond donors (Lipinski definition) is 3. The van der Waals surface area contributed by atoms with Gasteiger partial charge in [-0.1, -0.05) is 30.3 Å². The molecule has 3 aromatic rings. The maximum Gasteiger partial charge on any atom is 0.191 e. The first-order chi connectivity index (χ1) is 13.7. The Labute approximate surface area is 191 Å². The summed E-state index contributed by atoms with van der Waals surface area (Å²) in [6.07, 6.45) is -0.710. The Bertz CT molecular complexity index is 945. The van der Waals surface area contributed by atoms with Gasteiger partial charge in [-0.2, -0.15) is 0 Å². The van der Waals surface area contributed by atoms with Crippen molar-refractivity contribution in [3.63, 3.8) is 0 Å². The summed E-state index contributed by atoms with van der Waals surface area (Å²) in [5, 5.41) is 18.1. The standard InChI is InChI=1S/C21H23N3O3S.HI/c1-22-21(23-11-15-13-26-17-7-3-4-8-18(17)27-15)24-12-16(25)20-10-14-6-2-5-9-19(14)28-20;/h2-10,15-16,25H,11-13H2,1H3,(H2,22,23,24);1H. The number of para-hydroxylation sites is 2. The van der Waals surface area contributed by atoms with Crippen LogP contribution in [0.4, 0.5) is 0 Å². The summed E-state index contributed by atoms with van der Waals surface area (Å²) >= 11 is 1.61. The predicted octanol–water partition coefficient (Wildman–Crippen LogP) is 3.56. The fourth-order valence-corrected chi connectivity index (χ4v) is 4.11. The van der Waals surface area contributed by atoms with Gasteiger partial charge < -0.3 is 25.2 Å². The predicted molar refractivity (Wildman–Crippen MR) is 128 cm³/mol. The van der Waals surface area contributed by atoms with E-state index < -0.39 is 6.10 Å². The largest absolute Gasteiger partial charge is 0.486 e. The van der Waals surface area contributed by atoms with Gasteiger partial charge in [0.25, 0.3) is 0 Å². The number of nitrogens with zero attached hydrogens (tertiary/aromatic N) is 1. The molecule has 0 aliphatic carbocycles. The van der Waals surface area contributed by atoms with Gasteiger partial charge in [-0.25, -0.2) is 0 Å². The second kappa shape index (κ2) is 10.1. The minimum absolute atomic E-state index is 0. The Kier molecular flexibility index (Phi) is 7.57. The van der Waals surface area contributed by atoms with Crippen LogP contribution in [-0.4, -0.2) is 43.9 Å². The summed E-state index contributed by atoms with van der Waals surface area (Å²) in [7, 11) is 1.70. The molecule has 29 heavy (non-hydrogen) atoms. The van der Waals surface area contributed by atoms with E-state index in [1.807, 2.05) is 42.5 Å². The molecule has 0 amide bonds. The molecular weight excluding hydrogens is 501 g/mol. The molecule has 0 fully saturated rings. The SMILES string of the molecule is CN=C(NCC1COc2ccccc2O1)NCC(O)c1cc2ccccc2s1.I. The molecule has 0 bridgehead atoms. The normalized spacial score (nSPS) is 16.8. The van der Waals surface area contributed by atoms with E-state index in [0.717, 1.165) is 21.8 Å². The van der Waals surface area contributed by atoms with Gasteiger partial charge in [-0.3, -0.25) is 4.99 Å². The molecule has 6 nitrogen and oxygen atoms in total. The third-order valence-electron chi connectivity index (χ3n) is 4.52. The molecule has 1 aliphatic rings. The Morgan fingerprint density at radius 3 is 2.72 bits per heavy atom. The van der Waals surface area contributed by atoms with Crippen LogP contribution in [0.25, 0.3) is 10.1 Å². The third kappa shape index (κ3) is 5.31. The van der Waals surface area contributed by atoms with Crippen LogP contribution >= 0.6 is 35.3 Å². The van der Waals surface area contributed by atoms with Crippen molar-refractivity contribution in [3.05, 3.63) is 59.5 Å². The first kappa shape index (κ1) is 21.7. The topological polar surface area (TPSA) is 75.1 Å². The van der Waals surface area contributed by atoms with Gasteiger partial charge in [-0.05, 0) is 29.7 Å². The van der Waals surface area contributed by atoms with E-state index in [1.165, 1.54) is 4.70 Å². The number of nitrogens with one attached hydrogen (secondary N) is 2. The van der Waals surface area contributed by atoms with Gasteiger partial charge in [0, 0.05) is 23.2 Å². The summed E-state index contributed by atoms with van der Waals surface area (Å²) in [5.41, 5.74) is 0. The number of benzene rings is 2. The van der Waals surface area contributed by atoms with Crippen LogP contribution in [0.5, 0.6) is 11.5 Å². The molecule has 8 heteroatoms. The third-order valence-corrected chi connectivity index (χ3v) is 5.74. The first-order valence-corrected chi connectivity index (χ1v) is 10.0. The van der Waals surface area contributed by atoms with E-state index >= 15 is 0 Å². The molecule has 1 aromatic heterocycles. The number of aliphatic hydroxyl groups is 1. The summed E-state index contributed by atoms with van der Waals surface area (Å²) < 4.78 is 12.8. The number of aliphatic imine (C=N–C) groups is 1. The van der Waals surface area contributed by atoms with Gasteiger partial charge in [0.15, 0.2) is 17.5 Å². The number of aliphatic hydroxyl groups excluding tert-OH is 1. The van der Waals surface area contributed by atoms with Crippen LogP contribution in [0, 0.1) is 0 Å². The van der Waals surface area contributed by atoms with Crippen molar-refractivity contribution < 1.29 is 14.6 Å². The molecule has 2 unspecified atom stereocenters. The average molecular weight is 525 g/mol. The van der Waals surface area contributed by atoms with Gasteiger partial charge in [-0.15, -0.1) is 35.3 Å². The van der Waals surface area contributed by atoms with Crippen molar-refractivity contribution >= 4 is 51.4 Å². The Morgan fingerprint density at radius 2 is 1.93 bits per heavy atom. The number of halogens is 1. The molecule has 0 spiro atoms. The zero-order chi connectivity index (χ0) is 19.3. The lowest BCUT2D eigenvalue weighted by molar-refractivity contribution is 0.0935. The number of hydrogen-bond acceptors (Lipinski definition) is 5. The van der Waals surface area contributed by atoms with E-state index in [0.29, 0.717) is 25.7 Å². The summed E-state index contributed by atoms with van der Waals surface area (Å²) in [5.74, 6) is 2.14. The lowest BCUT2D eigenvalue weighted by Crippen LogP contribution is -2.46. The number of ether oxygens (including phenoxy) is 2. The highest BCUT2D eigenvalue weighted by Gasteiger charge is 2.21. The van der Waals surface area contributed by atoms with Crippen LogP contribution in [-0.2, 0) is 0 Å². The minimum Gasteiger partial charge on any atom is -0.486 e. The van der Waals surface area contributed by atoms with Crippen molar-refractivity contribution in [2.75, 3.05) is 26.7 Å². The van der Waals surface area contributed by atoms with Crippen LogP contribution in [0.1, 0.15) is 11.0 Å². The molecule has 0 saturated heterocycles. The highest BCUT2D eigenvalue weighted by atomic mass is 127. The zero-order valence-electron chi connectivity index (χ0n) is 16.0. The van der Waals surface area contributed by atoms with Gasteiger partial charge >= 0.3 is 0 Å². The van der Waals surface area contributed by atoms with E-state index in [2.05, 4.69) is 27.8 Å². The maximum atomic E-state index is 10.5. The molecule has 154 valence electrons. The Hall–Kier alpha value is -2.04. The van der Waals surface area contributed by atoms with E-state index in [4.69, 9.17) is 9.47 Å². The van der Waals surface area contributed by atoms with Crippen LogP contribution in [0.15, 0.2) is 59.6 Å². The fraction of sp³-hybridized carbons (Fsp3) is 0.286. The van der Waals surface area contributed by atoms with Crippen molar-refractivity contribution in [3.8, 4) is 11.5 Å². The second-order valence-electron chi connectivity index (χ2n) is 6.53. The molecule has 2 atom stereocenters. The minimum atomic E-state index is -0.600. The van der Waals surface area contributed by atoms with Crippen molar-refractivity contribution in [2.45, 2.75) is 12.2 Å². The number of thiophene rings is 1. The highest BCUT2D eigenvalue weighted by molar-refractivity contribution is 14.0. The molecule has 3 N–H and O–H groups in total. The molecule has 0 radical (unpaired) electrons. The van der Waals surface area contributed by atoms with Crippen molar-refractivity contribution in [2.24, 2.45) is 4.99 Å². The lowest BCUT2D eigenvalue weighted by atomic mass is 10.2. The smallest absolute Gasteiger partial charge is 0.191 e. The average Bonchev–Trinajstić information content (AvgIpc) is 3.18. The molecule has 2 aromatic carbocycles. The number of fused-ring (bicyclic) bond motifs is 2. The Balaban J connectivity index is 0.00000240. The molecule has 2 heterocycles. The lowest BCUT2D eigenvalue weighted by Gasteiger charge is -2.27. The summed E-state index contributed by atoms with van der Waals surface area (Å²) in [4.78, 5) is 5.15. The molecular formula is C21H24IN3O3S. The van der Waals surface area contributed by atoms with Crippen molar-refractivity contribution in [1.82, 2.24) is 10.6 Å². The quantitative estimate of drug-likeness (QED) is 0.270. The Morgan fingerprint density at radius 1 is 1.17 bits per heavy atom. The maximum absolute atomic E-state index is 10.5. The summed E-state index contributed by atoms with van der Waals surface area (Å²) in [6, 6.07) is 17.8. The monoisotopic (exact) mass is 525 g/mol. The number of guanidine groups is 1. The highest BCUT2D eigenvalue weighted by Crippen LogP contribution is 2.31. The fourth-order valence-electron chi connectivity index (χ4n) is 3.06. The van der Waals surface area contributed by atoms with Crippen LogP contribution < -0.4 is 20.1 Å². The van der Waals surface area contributed by atoms with E-state index in [9.17, 15) is 5.11 Å².